The van der Waals surface area contributed by atoms with E-state index in [1.54, 1.807) is 11.3 Å². The van der Waals surface area contributed by atoms with Crippen molar-refractivity contribution in [3.8, 4) is 0 Å². The van der Waals surface area contributed by atoms with Crippen LogP contribution in [0.15, 0.2) is 41.8 Å². The molecule has 0 radical (unpaired) electrons. The molecule has 1 heterocycles. The second kappa shape index (κ2) is 5.28. The summed E-state index contributed by atoms with van der Waals surface area (Å²) in [7, 11) is 0. The van der Waals surface area contributed by atoms with Crippen molar-refractivity contribution in [3.63, 3.8) is 0 Å². The predicted octanol–water partition coefficient (Wildman–Crippen LogP) is 4.91. The Morgan fingerprint density at radius 1 is 1.16 bits per heavy atom. The van der Waals surface area contributed by atoms with Crippen LogP contribution in [0.2, 0.25) is 5.02 Å². The molecule has 1 aliphatic carbocycles. The summed E-state index contributed by atoms with van der Waals surface area (Å²) in [4.78, 5) is 1.16. The summed E-state index contributed by atoms with van der Waals surface area (Å²) < 4.78 is 0. The van der Waals surface area contributed by atoms with E-state index in [9.17, 15) is 0 Å². The SMILES string of the molecule is NC1(c2sccc2Cl)CCCCC1c1ccccc1. The minimum atomic E-state index is -0.301. The summed E-state index contributed by atoms with van der Waals surface area (Å²) in [5, 5.41) is 2.87. The summed E-state index contributed by atoms with van der Waals surface area (Å²) in [5.74, 6) is 0.374. The fourth-order valence-corrected chi connectivity index (χ4v) is 4.68. The Morgan fingerprint density at radius 3 is 2.63 bits per heavy atom. The molecule has 19 heavy (non-hydrogen) atoms. The fraction of sp³-hybridized carbons (Fsp3) is 0.375. The van der Waals surface area contributed by atoms with Crippen molar-refractivity contribution in [2.45, 2.75) is 37.1 Å². The lowest BCUT2D eigenvalue weighted by atomic mass is 9.69. The summed E-state index contributed by atoms with van der Waals surface area (Å²) >= 11 is 8.04. The van der Waals surface area contributed by atoms with Gasteiger partial charge in [0.1, 0.15) is 0 Å². The highest BCUT2D eigenvalue weighted by molar-refractivity contribution is 7.10. The molecule has 2 unspecified atom stereocenters. The van der Waals surface area contributed by atoms with E-state index in [-0.39, 0.29) is 5.54 Å². The Bertz CT molecular complexity index is 551. The van der Waals surface area contributed by atoms with Crippen molar-refractivity contribution >= 4 is 22.9 Å². The topological polar surface area (TPSA) is 26.0 Å². The lowest BCUT2D eigenvalue weighted by Gasteiger charge is -2.41. The van der Waals surface area contributed by atoms with Crippen LogP contribution in [0.3, 0.4) is 0 Å². The highest BCUT2D eigenvalue weighted by Crippen LogP contribution is 2.49. The Labute approximate surface area is 123 Å². The first kappa shape index (κ1) is 13.2. The van der Waals surface area contributed by atoms with Gasteiger partial charge in [-0.15, -0.1) is 11.3 Å². The van der Waals surface area contributed by atoms with E-state index < -0.39 is 0 Å². The minimum Gasteiger partial charge on any atom is -0.320 e. The minimum absolute atomic E-state index is 0.301. The van der Waals surface area contributed by atoms with E-state index >= 15 is 0 Å². The molecular weight excluding hydrogens is 274 g/mol. The van der Waals surface area contributed by atoms with Gasteiger partial charge in [0.15, 0.2) is 0 Å². The fourth-order valence-electron chi connectivity index (χ4n) is 3.24. The third-order valence-corrected chi connectivity index (χ3v) is 5.73. The van der Waals surface area contributed by atoms with Crippen LogP contribution in [-0.2, 0) is 5.54 Å². The summed E-state index contributed by atoms with van der Waals surface area (Å²) in [6, 6.07) is 12.6. The van der Waals surface area contributed by atoms with Crippen molar-refractivity contribution in [2.24, 2.45) is 5.73 Å². The zero-order chi connectivity index (χ0) is 13.3. The number of benzene rings is 1. The van der Waals surface area contributed by atoms with E-state index in [1.165, 1.54) is 18.4 Å². The molecule has 2 atom stereocenters. The molecule has 0 spiro atoms. The van der Waals surface area contributed by atoms with Crippen LogP contribution in [0, 0.1) is 0 Å². The van der Waals surface area contributed by atoms with Gasteiger partial charge in [0.2, 0.25) is 0 Å². The van der Waals surface area contributed by atoms with Gasteiger partial charge in [0, 0.05) is 10.8 Å². The molecule has 1 aromatic carbocycles. The smallest absolute Gasteiger partial charge is 0.0588 e. The second-order valence-electron chi connectivity index (χ2n) is 5.35. The normalized spacial score (nSPS) is 27.4. The number of nitrogens with two attached hydrogens (primary N) is 1. The first-order valence-corrected chi connectivity index (χ1v) is 8.05. The lowest BCUT2D eigenvalue weighted by molar-refractivity contribution is 0.259. The Balaban J connectivity index is 2.04. The van der Waals surface area contributed by atoms with Crippen molar-refractivity contribution < 1.29 is 0 Å². The number of rotatable bonds is 2. The van der Waals surface area contributed by atoms with Crippen molar-refractivity contribution in [1.29, 1.82) is 0 Å². The lowest BCUT2D eigenvalue weighted by Crippen LogP contribution is -2.44. The maximum Gasteiger partial charge on any atom is 0.0588 e. The first-order valence-electron chi connectivity index (χ1n) is 6.79. The van der Waals surface area contributed by atoms with Gasteiger partial charge in [-0.05, 0) is 29.9 Å². The number of thiophene rings is 1. The van der Waals surface area contributed by atoms with E-state index in [0.717, 1.165) is 22.7 Å². The van der Waals surface area contributed by atoms with E-state index in [4.69, 9.17) is 17.3 Å². The zero-order valence-corrected chi connectivity index (χ0v) is 12.4. The Kier molecular flexibility index (Phi) is 3.66. The monoisotopic (exact) mass is 291 g/mol. The molecule has 0 saturated heterocycles. The third kappa shape index (κ3) is 2.33. The summed E-state index contributed by atoms with van der Waals surface area (Å²) in [6.07, 6.45) is 4.61. The molecule has 100 valence electrons. The molecule has 3 rings (SSSR count). The molecule has 1 fully saturated rings. The average Bonchev–Trinajstić information content (AvgIpc) is 2.87. The van der Waals surface area contributed by atoms with Gasteiger partial charge >= 0.3 is 0 Å². The van der Waals surface area contributed by atoms with Gasteiger partial charge in [-0.1, -0.05) is 54.8 Å². The number of halogens is 1. The van der Waals surface area contributed by atoms with Gasteiger partial charge < -0.3 is 5.73 Å². The molecule has 2 N–H and O–H groups in total. The van der Waals surface area contributed by atoms with Crippen LogP contribution in [0.4, 0.5) is 0 Å². The molecular formula is C16H18ClNS. The van der Waals surface area contributed by atoms with Crippen LogP contribution in [0.5, 0.6) is 0 Å². The first-order chi connectivity index (χ1) is 9.22. The van der Waals surface area contributed by atoms with Crippen LogP contribution in [-0.4, -0.2) is 0 Å². The average molecular weight is 292 g/mol. The largest absolute Gasteiger partial charge is 0.320 e. The standard InChI is InChI=1S/C16H18ClNS/c17-14-9-11-19-15(14)16(18)10-5-4-8-13(16)12-6-2-1-3-7-12/h1-3,6-7,9,11,13H,4-5,8,10,18H2. The van der Waals surface area contributed by atoms with Gasteiger partial charge in [-0.2, -0.15) is 0 Å². The second-order valence-corrected chi connectivity index (χ2v) is 6.67. The van der Waals surface area contributed by atoms with Gasteiger partial charge in [-0.25, -0.2) is 0 Å². The maximum atomic E-state index is 6.83. The number of hydrogen-bond acceptors (Lipinski definition) is 2. The molecule has 1 aliphatic rings. The van der Waals surface area contributed by atoms with Crippen molar-refractivity contribution in [1.82, 2.24) is 0 Å². The molecule has 0 amide bonds. The Morgan fingerprint density at radius 2 is 1.95 bits per heavy atom. The summed E-state index contributed by atoms with van der Waals surface area (Å²) in [6.45, 7) is 0. The van der Waals surface area contributed by atoms with E-state index in [2.05, 4.69) is 30.3 Å². The van der Waals surface area contributed by atoms with Crippen LogP contribution >= 0.6 is 22.9 Å². The van der Waals surface area contributed by atoms with Gasteiger partial charge in [0.25, 0.3) is 0 Å². The maximum absolute atomic E-state index is 6.83. The van der Waals surface area contributed by atoms with Crippen molar-refractivity contribution in [3.05, 3.63) is 57.2 Å². The quantitative estimate of drug-likeness (QED) is 0.835. The summed E-state index contributed by atoms with van der Waals surface area (Å²) in [5.41, 5.74) is 7.87. The predicted molar refractivity (Wildman–Crippen MR) is 82.8 cm³/mol. The van der Waals surface area contributed by atoms with E-state index in [1.807, 2.05) is 11.4 Å². The molecule has 1 saturated carbocycles. The van der Waals surface area contributed by atoms with Crippen LogP contribution < -0.4 is 5.73 Å². The third-order valence-electron chi connectivity index (χ3n) is 4.20. The van der Waals surface area contributed by atoms with Crippen molar-refractivity contribution in [2.75, 3.05) is 0 Å². The van der Waals surface area contributed by atoms with E-state index in [0.29, 0.717) is 5.92 Å². The molecule has 2 aromatic rings. The molecule has 3 heteroatoms. The highest BCUT2D eigenvalue weighted by Gasteiger charge is 2.41. The van der Waals surface area contributed by atoms with Crippen LogP contribution in [0.1, 0.15) is 42.0 Å². The number of hydrogen-bond donors (Lipinski definition) is 1. The molecule has 0 bridgehead atoms. The van der Waals surface area contributed by atoms with Gasteiger partial charge in [0.05, 0.1) is 10.6 Å². The molecule has 1 aromatic heterocycles. The van der Waals surface area contributed by atoms with Crippen LogP contribution in [0.25, 0.3) is 0 Å². The molecule has 0 aliphatic heterocycles. The highest BCUT2D eigenvalue weighted by atomic mass is 35.5. The molecule has 1 nitrogen and oxygen atoms in total. The zero-order valence-electron chi connectivity index (χ0n) is 10.8. The Hall–Kier alpha value is -0.830. The van der Waals surface area contributed by atoms with Gasteiger partial charge in [-0.3, -0.25) is 0 Å².